The van der Waals surface area contributed by atoms with Gasteiger partial charge in [0.15, 0.2) is 5.65 Å². The molecule has 1 fully saturated rings. The summed E-state index contributed by atoms with van der Waals surface area (Å²) in [6.45, 7) is 8.54. The third kappa shape index (κ3) is 4.36. The van der Waals surface area contributed by atoms with Gasteiger partial charge in [-0.15, -0.1) is 6.58 Å². The zero-order valence-electron chi connectivity index (χ0n) is 19.5. The molecule has 0 saturated carbocycles. The lowest BCUT2D eigenvalue weighted by molar-refractivity contribution is 0.264. The Balaban J connectivity index is 1.42. The molecule has 0 unspecified atom stereocenters. The van der Waals surface area contributed by atoms with Gasteiger partial charge in [-0.05, 0) is 75.1 Å². The fourth-order valence-electron chi connectivity index (χ4n) is 4.42. The van der Waals surface area contributed by atoms with Crippen molar-refractivity contribution in [3.8, 4) is 5.69 Å². The van der Waals surface area contributed by atoms with Crippen LogP contribution in [0.5, 0.6) is 0 Å². The molecular weight excluding hydrogens is 446 g/mol. The van der Waals surface area contributed by atoms with Crippen LogP contribution in [0.2, 0.25) is 0 Å². The molecule has 8 nitrogen and oxygen atoms in total. The molecule has 176 valence electrons. The van der Waals surface area contributed by atoms with Crippen molar-refractivity contribution in [2.75, 3.05) is 30.8 Å². The van der Waals surface area contributed by atoms with E-state index in [0.717, 1.165) is 48.6 Å². The van der Waals surface area contributed by atoms with E-state index in [1.807, 2.05) is 27.6 Å². The molecule has 1 saturated heterocycles. The Bertz CT molecular complexity index is 1360. The summed E-state index contributed by atoms with van der Waals surface area (Å²) in [6, 6.07) is 8.72. The second-order valence-electron chi connectivity index (χ2n) is 8.78. The van der Waals surface area contributed by atoms with Gasteiger partial charge in [0.05, 0.1) is 12.2 Å². The van der Waals surface area contributed by atoms with Gasteiger partial charge in [-0.1, -0.05) is 6.08 Å². The number of benzene rings is 1. The molecule has 1 aromatic carbocycles. The van der Waals surface area contributed by atoms with E-state index < -0.39 is 0 Å². The van der Waals surface area contributed by atoms with E-state index >= 15 is 0 Å². The van der Waals surface area contributed by atoms with E-state index in [0.29, 0.717) is 29.6 Å². The van der Waals surface area contributed by atoms with Gasteiger partial charge in [-0.2, -0.15) is 16.3 Å². The fourth-order valence-corrected chi connectivity index (χ4v) is 5.04. The number of allylic oxidation sites excluding steroid dienone is 1. The zero-order chi connectivity index (χ0) is 23.7. The SMILES string of the molecule is C=CCn1c(=O)c2cnc(Nc3ccc(NC4CCN(C)CC4)c(C)c3)nc2n1-c1ccsc1. The highest BCUT2D eigenvalue weighted by atomic mass is 32.1. The van der Waals surface area contributed by atoms with Crippen LogP contribution in [0.25, 0.3) is 16.7 Å². The molecule has 34 heavy (non-hydrogen) atoms. The molecule has 2 N–H and O–H groups in total. The maximum absolute atomic E-state index is 13.0. The van der Waals surface area contributed by atoms with E-state index in [4.69, 9.17) is 4.98 Å². The number of anilines is 3. The first-order chi connectivity index (χ1) is 16.5. The van der Waals surface area contributed by atoms with E-state index in [9.17, 15) is 4.79 Å². The summed E-state index contributed by atoms with van der Waals surface area (Å²) in [5, 5.41) is 11.5. The average Bonchev–Trinajstić information content (AvgIpc) is 3.44. The Kier molecular flexibility index (Phi) is 6.21. The van der Waals surface area contributed by atoms with Crippen molar-refractivity contribution in [1.82, 2.24) is 24.2 Å². The topological polar surface area (TPSA) is 80.0 Å². The van der Waals surface area contributed by atoms with Crippen LogP contribution in [0, 0.1) is 6.92 Å². The number of piperidine rings is 1. The lowest BCUT2D eigenvalue weighted by atomic mass is 10.0. The van der Waals surface area contributed by atoms with Crippen LogP contribution in [-0.4, -0.2) is 50.4 Å². The second kappa shape index (κ2) is 9.44. The van der Waals surface area contributed by atoms with Crippen molar-refractivity contribution in [3.05, 3.63) is 69.8 Å². The molecule has 0 atom stereocenters. The lowest BCUT2D eigenvalue weighted by Gasteiger charge is -2.30. The third-order valence-corrected chi connectivity index (χ3v) is 6.96. The molecule has 5 rings (SSSR count). The van der Waals surface area contributed by atoms with Gasteiger partial charge in [0.1, 0.15) is 5.39 Å². The predicted octanol–water partition coefficient (Wildman–Crippen LogP) is 4.39. The van der Waals surface area contributed by atoms with E-state index in [1.54, 1.807) is 28.3 Å². The van der Waals surface area contributed by atoms with Crippen LogP contribution in [0.1, 0.15) is 18.4 Å². The first-order valence-electron chi connectivity index (χ1n) is 11.5. The minimum atomic E-state index is -0.132. The summed E-state index contributed by atoms with van der Waals surface area (Å²) in [4.78, 5) is 24.5. The van der Waals surface area contributed by atoms with Gasteiger partial charge in [0.25, 0.3) is 5.56 Å². The van der Waals surface area contributed by atoms with E-state index in [2.05, 4.69) is 53.2 Å². The summed E-state index contributed by atoms with van der Waals surface area (Å²) in [5.41, 5.74) is 4.55. The van der Waals surface area contributed by atoms with Gasteiger partial charge < -0.3 is 15.5 Å². The molecule has 0 spiro atoms. The molecule has 1 aliphatic heterocycles. The number of aryl methyl sites for hydroxylation is 1. The zero-order valence-corrected chi connectivity index (χ0v) is 20.3. The second-order valence-corrected chi connectivity index (χ2v) is 9.56. The number of aromatic nitrogens is 4. The molecule has 4 aromatic rings. The number of nitrogens with zero attached hydrogens (tertiary/aromatic N) is 5. The van der Waals surface area contributed by atoms with Crippen LogP contribution in [0.15, 0.2) is 58.7 Å². The Hall–Kier alpha value is -3.43. The van der Waals surface area contributed by atoms with Crippen LogP contribution < -0.4 is 16.2 Å². The Morgan fingerprint density at radius 3 is 2.79 bits per heavy atom. The Labute approximate surface area is 202 Å². The number of hydrogen-bond donors (Lipinski definition) is 2. The van der Waals surface area contributed by atoms with Crippen molar-refractivity contribution >= 4 is 39.7 Å². The summed E-state index contributed by atoms with van der Waals surface area (Å²) >= 11 is 1.57. The first-order valence-corrected chi connectivity index (χ1v) is 12.4. The number of nitrogens with one attached hydrogen (secondary N) is 2. The van der Waals surface area contributed by atoms with Crippen molar-refractivity contribution < 1.29 is 0 Å². The van der Waals surface area contributed by atoms with Crippen molar-refractivity contribution in [2.45, 2.75) is 32.4 Å². The molecule has 4 heterocycles. The molecule has 0 radical (unpaired) electrons. The molecule has 9 heteroatoms. The number of thiophene rings is 1. The van der Waals surface area contributed by atoms with Gasteiger partial charge in [-0.25, -0.2) is 14.3 Å². The molecular formula is C25H29N7OS. The van der Waals surface area contributed by atoms with Crippen molar-refractivity contribution in [1.29, 1.82) is 0 Å². The highest BCUT2D eigenvalue weighted by molar-refractivity contribution is 7.08. The summed E-state index contributed by atoms with van der Waals surface area (Å²) < 4.78 is 3.47. The summed E-state index contributed by atoms with van der Waals surface area (Å²) in [7, 11) is 2.18. The van der Waals surface area contributed by atoms with Crippen LogP contribution in [0.4, 0.5) is 17.3 Å². The van der Waals surface area contributed by atoms with Gasteiger partial charge in [0.2, 0.25) is 5.95 Å². The highest BCUT2D eigenvalue weighted by Crippen LogP contribution is 2.25. The molecule has 3 aromatic heterocycles. The first kappa shape index (κ1) is 22.4. The van der Waals surface area contributed by atoms with Crippen LogP contribution >= 0.6 is 11.3 Å². The largest absolute Gasteiger partial charge is 0.382 e. The average molecular weight is 476 g/mol. The predicted molar refractivity (Wildman–Crippen MR) is 140 cm³/mol. The monoisotopic (exact) mass is 475 g/mol. The third-order valence-electron chi connectivity index (χ3n) is 6.29. The highest BCUT2D eigenvalue weighted by Gasteiger charge is 2.18. The van der Waals surface area contributed by atoms with Gasteiger partial charge in [-0.3, -0.25) is 4.79 Å². The molecule has 0 bridgehead atoms. The van der Waals surface area contributed by atoms with Crippen molar-refractivity contribution in [2.24, 2.45) is 0 Å². The number of fused-ring (bicyclic) bond motifs is 1. The number of rotatable bonds is 7. The van der Waals surface area contributed by atoms with E-state index in [-0.39, 0.29) is 5.56 Å². The molecule has 0 amide bonds. The summed E-state index contributed by atoms with van der Waals surface area (Å²) in [5.74, 6) is 0.447. The summed E-state index contributed by atoms with van der Waals surface area (Å²) in [6.07, 6.45) is 5.61. The van der Waals surface area contributed by atoms with Gasteiger partial charge in [0, 0.05) is 29.0 Å². The normalized spacial score (nSPS) is 15.0. The Morgan fingerprint density at radius 2 is 2.09 bits per heavy atom. The van der Waals surface area contributed by atoms with Crippen LogP contribution in [0.3, 0.4) is 0 Å². The van der Waals surface area contributed by atoms with E-state index in [1.165, 1.54) is 0 Å². The molecule has 0 aliphatic carbocycles. The Morgan fingerprint density at radius 1 is 1.26 bits per heavy atom. The smallest absolute Gasteiger partial charge is 0.278 e. The van der Waals surface area contributed by atoms with Gasteiger partial charge >= 0.3 is 0 Å². The lowest BCUT2D eigenvalue weighted by Crippen LogP contribution is -2.36. The maximum Gasteiger partial charge on any atom is 0.278 e. The fraction of sp³-hybridized carbons (Fsp3) is 0.320. The quantitative estimate of drug-likeness (QED) is 0.386. The maximum atomic E-state index is 13.0. The number of likely N-dealkylation sites (tertiary alicyclic amines) is 1. The minimum Gasteiger partial charge on any atom is -0.382 e. The standard InChI is InChI=1S/C25H29N7OS/c1-4-10-31-24(33)21-15-26-25(29-23(21)32(31)20-9-13-34-16-20)28-19-5-6-22(17(2)14-19)27-18-7-11-30(3)12-8-18/h4-6,9,13-16,18,27H,1,7-8,10-12H2,2-3H3,(H,26,28,29). The van der Waals surface area contributed by atoms with Crippen molar-refractivity contribution in [3.63, 3.8) is 0 Å². The minimum absolute atomic E-state index is 0.132. The van der Waals surface area contributed by atoms with Crippen LogP contribution in [-0.2, 0) is 6.54 Å². The molecule has 1 aliphatic rings. The number of hydrogen-bond acceptors (Lipinski definition) is 7.